The highest BCUT2D eigenvalue weighted by molar-refractivity contribution is 6.10. The van der Waals surface area contributed by atoms with Crippen molar-refractivity contribution < 1.29 is 0 Å². The van der Waals surface area contributed by atoms with Crippen LogP contribution in [0.2, 0.25) is 0 Å². The number of rotatable bonds is 5. The highest BCUT2D eigenvalue weighted by Crippen LogP contribution is 2.39. The Kier molecular flexibility index (Phi) is 5.67. The van der Waals surface area contributed by atoms with Gasteiger partial charge in [-0.25, -0.2) is 0 Å². The number of aromatic nitrogens is 2. The molecule has 0 amide bonds. The van der Waals surface area contributed by atoms with Crippen LogP contribution in [0.4, 0.5) is 0 Å². The number of benzene rings is 6. The minimum Gasteiger partial charge on any atom is -0.309 e. The molecule has 206 valence electrons. The Morgan fingerprint density at radius 2 is 0.930 bits per heavy atom. The summed E-state index contributed by atoms with van der Waals surface area (Å²) in [6, 6.07) is 50.9. The highest BCUT2D eigenvalue weighted by atomic mass is 15.0. The molecule has 0 atom stereocenters. The van der Waals surface area contributed by atoms with Crippen molar-refractivity contribution in [2.24, 2.45) is 0 Å². The van der Waals surface area contributed by atoms with E-state index >= 15 is 0 Å². The Labute approximate surface area is 251 Å². The monoisotopic (exact) mass is 552 g/mol. The fourth-order valence-electron chi connectivity index (χ4n) is 6.81. The second kappa shape index (κ2) is 9.61. The smallest absolute Gasteiger partial charge is 0.0541 e. The number of hydrogen-bond donors (Lipinski definition) is 0. The van der Waals surface area contributed by atoms with Crippen LogP contribution in [-0.2, 0) is 5.41 Å². The summed E-state index contributed by atoms with van der Waals surface area (Å²) in [6.07, 6.45) is 1.90. The van der Waals surface area contributed by atoms with Gasteiger partial charge in [0.25, 0.3) is 0 Å². The first-order chi connectivity index (χ1) is 21.0. The quantitative estimate of drug-likeness (QED) is 0.201. The maximum atomic E-state index is 3.91. The van der Waals surface area contributed by atoms with Crippen LogP contribution >= 0.6 is 0 Å². The van der Waals surface area contributed by atoms with Crippen molar-refractivity contribution in [1.29, 1.82) is 0 Å². The van der Waals surface area contributed by atoms with Crippen molar-refractivity contribution in [2.45, 2.75) is 19.3 Å². The molecule has 0 saturated heterocycles. The van der Waals surface area contributed by atoms with Gasteiger partial charge in [-0.05, 0) is 65.2 Å². The van der Waals surface area contributed by atoms with E-state index in [4.69, 9.17) is 0 Å². The molecule has 0 aliphatic carbocycles. The Balaban J connectivity index is 1.32. The average molecular weight is 553 g/mol. The molecule has 0 saturated carbocycles. The van der Waals surface area contributed by atoms with Gasteiger partial charge in [-0.2, -0.15) is 0 Å². The average Bonchev–Trinajstić information content (AvgIpc) is 3.57. The predicted molar refractivity (Wildman–Crippen MR) is 184 cm³/mol. The molecule has 8 aromatic rings. The number of fused-ring (bicyclic) bond motifs is 6. The van der Waals surface area contributed by atoms with Crippen LogP contribution in [0, 0.1) is 0 Å². The lowest BCUT2D eigenvalue weighted by Crippen LogP contribution is -2.18. The zero-order valence-corrected chi connectivity index (χ0v) is 24.5. The van der Waals surface area contributed by atoms with E-state index in [1.807, 2.05) is 6.08 Å². The molecule has 43 heavy (non-hydrogen) atoms. The Bertz CT molecular complexity index is 2270. The SMILES string of the molecule is C=Cc1ccc(C(C)(C)c2ccc3c(c2)c2ccccc2n3-c2cccc(-n3c4ccccc4c4ccccc43)c2)cc1. The van der Waals surface area contributed by atoms with Crippen molar-refractivity contribution in [3.63, 3.8) is 0 Å². The Morgan fingerprint density at radius 1 is 0.465 bits per heavy atom. The summed E-state index contributed by atoms with van der Waals surface area (Å²) in [5.41, 5.74) is 10.7. The third-order valence-electron chi connectivity index (χ3n) is 9.19. The third-order valence-corrected chi connectivity index (χ3v) is 9.19. The van der Waals surface area contributed by atoms with Crippen LogP contribution in [0.3, 0.4) is 0 Å². The van der Waals surface area contributed by atoms with Gasteiger partial charge in [-0.3, -0.25) is 0 Å². The molecule has 0 aliphatic rings. The minimum atomic E-state index is -0.145. The lowest BCUT2D eigenvalue weighted by atomic mass is 9.77. The van der Waals surface area contributed by atoms with E-state index < -0.39 is 0 Å². The maximum absolute atomic E-state index is 3.91. The van der Waals surface area contributed by atoms with E-state index in [1.165, 1.54) is 54.7 Å². The van der Waals surface area contributed by atoms with Gasteiger partial charge in [0.15, 0.2) is 0 Å². The number of hydrogen-bond acceptors (Lipinski definition) is 0. The molecular weight excluding hydrogens is 520 g/mol. The summed E-state index contributed by atoms with van der Waals surface area (Å²) >= 11 is 0. The normalized spacial score (nSPS) is 12.0. The summed E-state index contributed by atoms with van der Waals surface area (Å²) in [5, 5.41) is 5.08. The van der Waals surface area contributed by atoms with E-state index in [0.29, 0.717) is 0 Å². The topological polar surface area (TPSA) is 9.86 Å². The molecule has 2 heteroatoms. The Morgan fingerprint density at radius 3 is 1.47 bits per heavy atom. The summed E-state index contributed by atoms with van der Waals surface area (Å²) in [5.74, 6) is 0. The molecule has 8 rings (SSSR count). The lowest BCUT2D eigenvalue weighted by molar-refractivity contribution is 0.642. The zero-order chi connectivity index (χ0) is 29.1. The predicted octanol–water partition coefficient (Wildman–Crippen LogP) is 10.8. The molecule has 0 radical (unpaired) electrons. The van der Waals surface area contributed by atoms with Crippen LogP contribution in [0.25, 0.3) is 61.1 Å². The van der Waals surface area contributed by atoms with Gasteiger partial charge in [0.1, 0.15) is 0 Å². The summed E-state index contributed by atoms with van der Waals surface area (Å²) in [7, 11) is 0. The summed E-state index contributed by atoms with van der Waals surface area (Å²) in [6.45, 7) is 8.54. The van der Waals surface area contributed by atoms with Crippen molar-refractivity contribution in [3.8, 4) is 11.4 Å². The van der Waals surface area contributed by atoms with Gasteiger partial charge in [0.2, 0.25) is 0 Å². The fraction of sp³-hybridized carbons (Fsp3) is 0.0732. The van der Waals surface area contributed by atoms with Crippen LogP contribution in [-0.4, -0.2) is 9.13 Å². The maximum Gasteiger partial charge on any atom is 0.0541 e. The largest absolute Gasteiger partial charge is 0.309 e. The van der Waals surface area contributed by atoms with Gasteiger partial charge in [-0.1, -0.05) is 117 Å². The van der Waals surface area contributed by atoms with Gasteiger partial charge < -0.3 is 9.13 Å². The molecule has 0 N–H and O–H groups in total. The minimum absolute atomic E-state index is 0.145. The van der Waals surface area contributed by atoms with Gasteiger partial charge >= 0.3 is 0 Å². The summed E-state index contributed by atoms with van der Waals surface area (Å²) < 4.78 is 4.80. The molecule has 0 spiro atoms. The molecule has 0 bridgehead atoms. The molecule has 2 nitrogen and oxygen atoms in total. The van der Waals surface area contributed by atoms with Gasteiger partial charge in [0.05, 0.1) is 22.1 Å². The van der Waals surface area contributed by atoms with E-state index in [-0.39, 0.29) is 5.41 Å². The number of para-hydroxylation sites is 3. The van der Waals surface area contributed by atoms with Crippen molar-refractivity contribution in [2.75, 3.05) is 0 Å². The Hall–Kier alpha value is -5.34. The second-order valence-corrected chi connectivity index (χ2v) is 11.9. The summed E-state index contributed by atoms with van der Waals surface area (Å²) in [4.78, 5) is 0. The molecule has 2 heterocycles. The lowest BCUT2D eigenvalue weighted by Gasteiger charge is -2.26. The van der Waals surface area contributed by atoms with E-state index in [1.54, 1.807) is 0 Å². The van der Waals surface area contributed by atoms with E-state index in [0.717, 1.165) is 16.9 Å². The molecular formula is C41H32N2. The van der Waals surface area contributed by atoms with E-state index in [2.05, 4.69) is 169 Å². The first kappa shape index (κ1) is 25.4. The fourth-order valence-corrected chi connectivity index (χ4v) is 6.81. The molecule has 0 aliphatic heterocycles. The molecule has 0 fully saturated rings. The standard InChI is InChI=1S/C41H32N2/c1-4-28-20-22-29(23-21-28)41(2,3)30-24-25-40-36(26-30)35-16-7-10-19-39(35)43(40)32-13-11-12-31(27-32)42-37-17-8-5-14-33(37)34-15-6-9-18-38(34)42/h4-27H,1H2,2-3H3. The first-order valence-electron chi connectivity index (χ1n) is 14.9. The zero-order valence-electron chi connectivity index (χ0n) is 24.5. The van der Waals surface area contributed by atoms with Crippen LogP contribution in [0.5, 0.6) is 0 Å². The van der Waals surface area contributed by atoms with Gasteiger partial charge in [-0.15, -0.1) is 0 Å². The van der Waals surface area contributed by atoms with Crippen molar-refractivity contribution >= 4 is 49.7 Å². The molecule has 6 aromatic carbocycles. The van der Waals surface area contributed by atoms with Gasteiger partial charge in [0, 0.05) is 38.3 Å². The molecule has 0 unspecified atom stereocenters. The second-order valence-electron chi connectivity index (χ2n) is 11.9. The molecule has 2 aromatic heterocycles. The highest BCUT2D eigenvalue weighted by Gasteiger charge is 2.25. The van der Waals surface area contributed by atoms with Crippen LogP contribution in [0.15, 0.2) is 146 Å². The van der Waals surface area contributed by atoms with E-state index in [9.17, 15) is 0 Å². The number of nitrogens with zero attached hydrogens (tertiary/aromatic N) is 2. The first-order valence-corrected chi connectivity index (χ1v) is 14.9. The third kappa shape index (κ3) is 3.87. The van der Waals surface area contributed by atoms with Crippen molar-refractivity contribution in [1.82, 2.24) is 9.13 Å². The van der Waals surface area contributed by atoms with Crippen molar-refractivity contribution in [3.05, 3.63) is 163 Å². The van der Waals surface area contributed by atoms with Crippen LogP contribution in [0.1, 0.15) is 30.5 Å². The van der Waals surface area contributed by atoms with Crippen LogP contribution < -0.4 is 0 Å².